The van der Waals surface area contributed by atoms with Crippen LogP contribution in [0.2, 0.25) is 0 Å². The Labute approximate surface area is 183 Å². The molecule has 6 nitrogen and oxygen atoms in total. The maximum atomic E-state index is 13.7. The summed E-state index contributed by atoms with van der Waals surface area (Å²) in [5.74, 6) is 1.13. The number of rotatable bonds is 8. The minimum absolute atomic E-state index is 0.0702. The van der Waals surface area contributed by atoms with Crippen molar-refractivity contribution < 1.29 is 9.18 Å². The molecule has 0 spiro atoms. The highest BCUT2D eigenvalue weighted by Crippen LogP contribution is 2.22. The molecule has 0 saturated carbocycles. The maximum absolute atomic E-state index is 13.7. The Morgan fingerprint density at radius 2 is 1.87 bits per heavy atom. The molecule has 0 bridgehead atoms. The molecule has 2 aliphatic heterocycles. The van der Waals surface area contributed by atoms with Crippen LogP contribution >= 0.6 is 0 Å². The number of anilines is 1. The van der Waals surface area contributed by atoms with E-state index in [1.807, 2.05) is 18.3 Å². The average molecular weight is 426 g/mol. The fourth-order valence-electron chi connectivity index (χ4n) is 4.49. The molecule has 4 rings (SSSR count). The van der Waals surface area contributed by atoms with Crippen LogP contribution in [0.5, 0.6) is 0 Å². The van der Waals surface area contributed by atoms with Gasteiger partial charge in [0.15, 0.2) is 0 Å². The van der Waals surface area contributed by atoms with Crippen LogP contribution in [0.3, 0.4) is 0 Å². The van der Waals surface area contributed by atoms with Crippen LogP contribution in [0.4, 0.5) is 10.3 Å². The third kappa shape index (κ3) is 6.23. The third-order valence-corrected chi connectivity index (χ3v) is 6.33. The molecular weight excluding hydrogens is 393 g/mol. The van der Waals surface area contributed by atoms with Gasteiger partial charge in [-0.1, -0.05) is 18.2 Å². The summed E-state index contributed by atoms with van der Waals surface area (Å²) >= 11 is 0. The Morgan fingerprint density at radius 1 is 1.10 bits per heavy atom. The van der Waals surface area contributed by atoms with Gasteiger partial charge in [-0.25, -0.2) is 14.4 Å². The molecule has 0 aliphatic carbocycles. The number of nitrogens with zero attached hydrogens (tertiary/aromatic N) is 4. The van der Waals surface area contributed by atoms with E-state index in [9.17, 15) is 9.18 Å². The number of nitrogens with one attached hydrogen (secondary N) is 1. The highest BCUT2D eigenvalue weighted by Gasteiger charge is 2.22. The van der Waals surface area contributed by atoms with E-state index in [1.54, 1.807) is 12.1 Å². The van der Waals surface area contributed by atoms with Gasteiger partial charge in [-0.2, -0.15) is 0 Å². The zero-order chi connectivity index (χ0) is 21.5. The number of carbonyl (C=O) groups is 1. The number of aromatic nitrogens is 2. The van der Waals surface area contributed by atoms with Crippen molar-refractivity contribution in [1.29, 1.82) is 0 Å². The average Bonchev–Trinajstić information content (AvgIpc) is 3.32. The topological polar surface area (TPSA) is 61.4 Å². The fraction of sp³-hybridized carbons (Fsp3) is 0.542. The second-order valence-corrected chi connectivity index (χ2v) is 8.66. The van der Waals surface area contributed by atoms with E-state index in [0.29, 0.717) is 30.9 Å². The molecule has 1 N–H and O–H groups in total. The van der Waals surface area contributed by atoms with Crippen LogP contribution in [0.1, 0.15) is 43.4 Å². The smallest absolute Gasteiger partial charge is 0.225 e. The Kier molecular flexibility index (Phi) is 7.46. The normalized spacial score (nSPS) is 17.8. The summed E-state index contributed by atoms with van der Waals surface area (Å²) in [4.78, 5) is 26.2. The standard InChI is InChI=1S/C24H32FN5O/c25-22-6-2-1-5-20(22)7-11-26-23(31)17-19-9-15-29(16-10-19)18-21-8-12-27-24(28-21)30-13-3-4-14-30/h1-2,5-6,8,12,19H,3-4,7,9-11,13-18H2,(H,26,31). The number of likely N-dealkylation sites (tertiary alicyclic amines) is 1. The zero-order valence-corrected chi connectivity index (χ0v) is 18.1. The second kappa shape index (κ2) is 10.7. The van der Waals surface area contributed by atoms with Gasteiger partial charge in [-0.05, 0) is 68.8 Å². The van der Waals surface area contributed by atoms with Crippen molar-refractivity contribution in [2.24, 2.45) is 5.92 Å². The minimum atomic E-state index is -0.208. The van der Waals surface area contributed by atoms with Crippen molar-refractivity contribution in [3.63, 3.8) is 0 Å². The summed E-state index contributed by atoms with van der Waals surface area (Å²) in [6.45, 7) is 5.39. The van der Waals surface area contributed by atoms with E-state index in [0.717, 1.165) is 57.2 Å². The van der Waals surface area contributed by atoms with Crippen LogP contribution in [0.25, 0.3) is 0 Å². The molecule has 0 radical (unpaired) electrons. The summed E-state index contributed by atoms with van der Waals surface area (Å²) in [5, 5.41) is 2.95. The zero-order valence-electron chi connectivity index (χ0n) is 18.1. The van der Waals surface area contributed by atoms with Gasteiger partial charge in [0.1, 0.15) is 5.82 Å². The first-order valence-electron chi connectivity index (χ1n) is 11.5. The number of halogens is 1. The van der Waals surface area contributed by atoms with Crippen LogP contribution in [0, 0.1) is 11.7 Å². The lowest BCUT2D eigenvalue weighted by atomic mass is 9.93. The Morgan fingerprint density at radius 3 is 2.65 bits per heavy atom. The highest BCUT2D eigenvalue weighted by atomic mass is 19.1. The van der Waals surface area contributed by atoms with E-state index in [-0.39, 0.29) is 11.7 Å². The lowest BCUT2D eigenvalue weighted by Gasteiger charge is -2.31. The number of amides is 1. The Hall–Kier alpha value is -2.54. The van der Waals surface area contributed by atoms with Gasteiger partial charge in [-0.15, -0.1) is 0 Å². The van der Waals surface area contributed by atoms with Gasteiger partial charge in [0.2, 0.25) is 11.9 Å². The highest BCUT2D eigenvalue weighted by molar-refractivity contribution is 5.76. The third-order valence-electron chi connectivity index (χ3n) is 6.33. The first-order valence-corrected chi connectivity index (χ1v) is 11.5. The van der Waals surface area contributed by atoms with Crippen molar-refractivity contribution in [3.05, 3.63) is 53.6 Å². The predicted molar refractivity (Wildman–Crippen MR) is 119 cm³/mol. The number of hydrogen-bond donors (Lipinski definition) is 1. The SMILES string of the molecule is O=C(CC1CCN(Cc2ccnc(N3CCCC3)n2)CC1)NCCc1ccccc1F. The molecule has 0 atom stereocenters. The van der Waals surface area contributed by atoms with Crippen molar-refractivity contribution in [1.82, 2.24) is 20.2 Å². The van der Waals surface area contributed by atoms with E-state index < -0.39 is 0 Å². The van der Waals surface area contributed by atoms with Crippen molar-refractivity contribution >= 4 is 11.9 Å². The molecule has 2 fully saturated rings. The van der Waals surface area contributed by atoms with Crippen LogP contribution < -0.4 is 10.2 Å². The summed E-state index contributed by atoms with van der Waals surface area (Å²) < 4.78 is 13.7. The number of carbonyl (C=O) groups excluding carboxylic acids is 1. The first-order chi connectivity index (χ1) is 15.2. The van der Waals surface area contributed by atoms with Crippen LogP contribution in [-0.4, -0.2) is 53.5 Å². The van der Waals surface area contributed by atoms with E-state index in [4.69, 9.17) is 4.98 Å². The number of benzene rings is 1. The number of piperidine rings is 1. The molecule has 166 valence electrons. The quantitative estimate of drug-likeness (QED) is 0.704. The molecule has 1 aromatic heterocycles. The predicted octanol–water partition coefficient (Wildman–Crippen LogP) is 3.18. The molecule has 31 heavy (non-hydrogen) atoms. The lowest BCUT2D eigenvalue weighted by Crippen LogP contribution is -2.36. The van der Waals surface area contributed by atoms with Crippen molar-refractivity contribution in [3.8, 4) is 0 Å². The van der Waals surface area contributed by atoms with Crippen LogP contribution in [0.15, 0.2) is 36.5 Å². The summed E-state index contributed by atoms with van der Waals surface area (Å²) in [7, 11) is 0. The first kappa shape index (κ1) is 21.7. The Bertz CT molecular complexity index is 863. The lowest BCUT2D eigenvalue weighted by molar-refractivity contribution is -0.122. The number of hydrogen-bond acceptors (Lipinski definition) is 5. The second-order valence-electron chi connectivity index (χ2n) is 8.66. The fourth-order valence-corrected chi connectivity index (χ4v) is 4.49. The van der Waals surface area contributed by atoms with Gasteiger partial charge in [-0.3, -0.25) is 9.69 Å². The molecule has 3 heterocycles. The van der Waals surface area contributed by atoms with Gasteiger partial charge in [0.05, 0.1) is 5.69 Å². The van der Waals surface area contributed by atoms with Gasteiger partial charge < -0.3 is 10.2 Å². The van der Waals surface area contributed by atoms with E-state index in [1.165, 1.54) is 18.9 Å². The molecule has 7 heteroatoms. The molecule has 2 aliphatic rings. The van der Waals surface area contributed by atoms with Crippen molar-refractivity contribution in [2.45, 2.75) is 45.1 Å². The summed E-state index contributed by atoms with van der Waals surface area (Å²) in [5.41, 5.74) is 1.72. The molecule has 1 aromatic carbocycles. The van der Waals surface area contributed by atoms with E-state index >= 15 is 0 Å². The van der Waals surface area contributed by atoms with E-state index in [2.05, 4.69) is 20.1 Å². The van der Waals surface area contributed by atoms with Gasteiger partial charge >= 0.3 is 0 Å². The minimum Gasteiger partial charge on any atom is -0.356 e. The maximum Gasteiger partial charge on any atom is 0.225 e. The summed E-state index contributed by atoms with van der Waals surface area (Å²) in [6, 6.07) is 8.74. The monoisotopic (exact) mass is 425 g/mol. The molecular formula is C24H32FN5O. The largest absolute Gasteiger partial charge is 0.356 e. The van der Waals surface area contributed by atoms with Crippen LogP contribution in [-0.2, 0) is 17.8 Å². The van der Waals surface area contributed by atoms with Crippen molar-refractivity contribution in [2.75, 3.05) is 37.6 Å². The molecule has 2 aromatic rings. The summed E-state index contributed by atoms with van der Waals surface area (Å²) in [6.07, 6.45) is 7.42. The van der Waals surface area contributed by atoms with Gasteiger partial charge in [0.25, 0.3) is 0 Å². The Balaban J connectivity index is 1.16. The molecule has 0 unspecified atom stereocenters. The molecule has 1 amide bonds. The molecule has 2 saturated heterocycles. The van der Waals surface area contributed by atoms with Gasteiger partial charge in [0, 0.05) is 38.8 Å².